The number of likely N-dealkylation sites (N-methyl/N-ethyl adjacent to an activating group) is 1. The van der Waals surface area contributed by atoms with Crippen LogP contribution < -0.4 is 9.64 Å². The molecule has 30 heavy (non-hydrogen) atoms. The fourth-order valence-corrected chi connectivity index (χ4v) is 4.85. The second-order valence-corrected chi connectivity index (χ2v) is 7.82. The number of para-hydroxylation sites is 1. The molecule has 0 N–H and O–H groups in total. The molecule has 0 saturated carbocycles. The van der Waals surface area contributed by atoms with E-state index in [1.165, 1.54) is 18.4 Å². The quantitative estimate of drug-likeness (QED) is 0.583. The lowest BCUT2D eigenvalue weighted by molar-refractivity contribution is 0.0600. The second kappa shape index (κ2) is 7.85. The number of hydrogen-bond donors (Lipinski definition) is 0. The molecule has 1 saturated heterocycles. The molecule has 2 aliphatic heterocycles. The number of nitrogens with zero attached hydrogens (tertiary/aromatic N) is 3. The molecule has 0 bridgehead atoms. The average Bonchev–Trinajstić information content (AvgIpc) is 2.99. The highest BCUT2D eigenvalue weighted by atomic mass is 35.5. The van der Waals surface area contributed by atoms with Crippen molar-refractivity contribution < 1.29 is 14.3 Å². The molecule has 5 rings (SSSR count). The highest BCUT2D eigenvalue weighted by Crippen LogP contribution is 2.42. The van der Waals surface area contributed by atoms with Gasteiger partial charge in [-0.2, -0.15) is 0 Å². The summed E-state index contributed by atoms with van der Waals surface area (Å²) < 4.78 is 13.0. The molecule has 158 valence electrons. The van der Waals surface area contributed by atoms with Gasteiger partial charge < -0.3 is 23.8 Å². The molecule has 1 unspecified atom stereocenters. The van der Waals surface area contributed by atoms with Crippen LogP contribution in [0.5, 0.6) is 5.75 Å². The van der Waals surface area contributed by atoms with Crippen molar-refractivity contribution in [3.05, 3.63) is 59.3 Å². The molecule has 0 aliphatic carbocycles. The van der Waals surface area contributed by atoms with Gasteiger partial charge in [-0.3, -0.25) is 0 Å². The SMILES string of the molecule is COC(=O)c1c2n(c3ccc(OC)cc13)Cc1ccccc1N1CCN(C)CC21.Cl. The van der Waals surface area contributed by atoms with Crippen LogP contribution in [-0.4, -0.2) is 56.3 Å². The summed E-state index contributed by atoms with van der Waals surface area (Å²) in [7, 11) is 5.24. The maximum Gasteiger partial charge on any atom is 0.340 e. The van der Waals surface area contributed by atoms with Gasteiger partial charge in [-0.25, -0.2) is 4.79 Å². The lowest BCUT2D eigenvalue weighted by Gasteiger charge is -2.41. The molecule has 1 atom stereocenters. The summed E-state index contributed by atoms with van der Waals surface area (Å²) in [5.41, 5.74) is 5.24. The van der Waals surface area contributed by atoms with Gasteiger partial charge in [0, 0.05) is 42.8 Å². The van der Waals surface area contributed by atoms with Crippen molar-refractivity contribution in [3.8, 4) is 5.75 Å². The Labute approximate surface area is 182 Å². The van der Waals surface area contributed by atoms with Crippen LogP contribution in [0.1, 0.15) is 27.7 Å². The summed E-state index contributed by atoms with van der Waals surface area (Å²) in [6.45, 7) is 3.49. The first-order valence-electron chi connectivity index (χ1n) is 9.94. The van der Waals surface area contributed by atoms with Gasteiger partial charge in [0.25, 0.3) is 0 Å². The van der Waals surface area contributed by atoms with E-state index in [4.69, 9.17) is 9.47 Å². The van der Waals surface area contributed by atoms with Gasteiger partial charge in [0.05, 0.1) is 31.5 Å². The van der Waals surface area contributed by atoms with Gasteiger partial charge in [-0.05, 0) is 36.9 Å². The summed E-state index contributed by atoms with van der Waals surface area (Å²) in [4.78, 5) is 17.8. The highest BCUT2D eigenvalue weighted by Gasteiger charge is 2.38. The zero-order chi connectivity index (χ0) is 20.1. The number of piperazine rings is 1. The zero-order valence-corrected chi connectivity index (χ0v) is 18.2. The number of esters is 1. The third kappa shape index (κ3) is 3.02. The van der Waals surface area contributed by atoms with E-state index >= 15 is 0 Å². The maximum atomic E-state index is 13.0. The monoisotopic (exact) mass is 427 g/mol. The standard InChI is InChI=1S/C23H25N3O3.ClH/c1-24-10-11-25-18-7-5-4-6-15(18)13-26-19-9-8-16(28-2)12-17(19)21(23(27)29-3)22(26)20(25)14-24;/h4-9,12,20H,10-11,13-14H2,1-3H3;1H. The summed E-state index contributed by atoms with van der Waals surface area (Å²) in [5, 5.41) is 0.888. The number of aromatic nitrogens is 1. The number of halogens is 1. The van der Waals surface area contributed by atoms with Crippen molar-refractivity contribution in [2.75, 3.05) is 45.8 Å². The summed E-state index contributed by atoms with van der Waals surface area (Å²) in [6, 6.07) is 14.6. The number of carbonyl (C=O) groups excluding carboxylic acids is 1. The van der Waals surface area contributed by atoms with E-state index in [9.17, 15) is 4.79 Å². The summed E-state index contributed by atoms with van der Waals surface area (Å²) in [6.07, 6.45) is 0. The zero-order valence-electron chi connectivity index (χ0n) is 17.4. The van der Waals surface area contributed by atoms with Crippen LogP contribution in [0.15, 0.2) is 42.5 Å². The number of anilines is 1. The Morgan fingerprint density at radius 2 is 1.90 bits per heavy atom. The van der Waals surface area contributed by atoms with E-state index in [1.54, 1.807) is 7.11 Å². The normalized spacial score (nSPS) is 18.0. The van der Waals surface area contributed by atoms with Crippen LogP contribution >= 0.6 is 12.4 Å². The van der Waals surface area contributed by atoms with Gasteiger partial charge in [-0.1, -0.05) is 18.2 Å². The molecule has 1 aromatic heterocycles. The van der Waals surface area contributed by atoms with Gasteiger partial charge in [0.1, 0.15) is 5.75 Å². The average molecular weight is 428 g/mol. The molecule has 6 nitrogen and oxygen atoms in total. The first-order chi connectivity index (χ1) is 14.1. The molecule has 3 aromatic rings. The first-order valence-corrected chi connectivity index (χ1v) is 9.94. The summed E-state index contributed by atoms with van der Waals surface area (Å²) >= 11 is 0. The predicted octanol–water partition coefficient (Wildman–Crippen LogP) is 3.71. The minimum absolute atomic E-state index is 0. The number of hydrogen-bond acceptors (Lipinski definition) is 5. The van der Waals surface area contributed by atoms with Gasteiger partial charge in [0.2, 0.25) is 0 Å². The smallest absolute Gasteiger partial charge is 0.340 e. The molecule has 3 heterocycles. The van der Waals surface area contributed by atoms with Gasteiger partial charge in [-0.15, -0.1) is 12.4 Å². The van der Waals surface area contributed by atoms with E-state index in [1.807, 2.05) is 12.1 Å². The topological polar surface area (TPSA) is 46.9 Å². The number of ether oxygens (including phenoxy) is 2. The minimum atomic E-state index is -0.295. The van der Waals surface area contributed by atoms with E-state index in [0.717, 1.165) is 48.5 Å². The number of methoxy groups -OCH3 is 2. The molecule has 0 amide bonds. The number of rotatable bonds is 2. The fraction of sp³-hybridized carbons (Fsp3) is 0.348. The van der Waals surface area contributed by atoms with E-state index < -0.39 is 0 Å². The van der Waals surface area contributed by atoms with Crippen LogP contribution in [0.3, 0.4) is 0 Å². The number of benzene rings is 2. The lowest BCUT2D eigenvalue weighted by Crippen LogP contribution is -2.47. The second-order valence-electron chi connectivity index (χ2n) is 7.82. The predicted molar refractivity (Wildman–Crippen MR) is 120 cm³/mol. The van der Waals surface area contributed by atoms with Crippen LogP contribution in [0.25, 0.3) is 10.9 Å². The Morgan fingerprint density at radius 1 is 1.10 bits per heavy atom. The molecule has 1 fully saturated rings. The van der Waals surface area contributed by atoms with E-state index in [-0.39, 0.29) is 24.4 Å². The number of carbonyl (C=O) groups is 1. The molecule has 0 radical (unpaired) electrons. The van der Waals surface area contributed by atoms with E-state index in [2.05, 4.69) is 51.7 Å². The molecular weight excluding hydrogens is 402 g/mol. The van der Waals surface area contributed by atoms with Crippen molar-refractivity contribution >= 4 is 35.0 Å². The Kier molecular flexibility index (Phi) is 5.38. The van der Waals surface area contributed by atoms with Crippen molar-refractivity contribution in [3.63, 3.8) is 0 Å². The first kappa shape index (κ1) is 20.6. The Morgan fingerprint density at radius 3 is 2.67 bits per heavy atom. The lowest BCUT2D eigenvalue weighted by atomic mass is 10.0. The third-order valence-electron chi connectivity index (χ3n) is 6.23. The van der Waals surface area contributed by atoms with Crippen molar-refractivity contribution in [1.29, 1.82) is 0 Å². The molecule has 2 aromatic carbocycles. The molecule has 2 aliphatic rings. The Hall–Kier alpha value is -2.70. The Balaban J connectivity index is 0.00000218. The number of fused-ring (bicyclic) bond motifs is 7. The van der Waals surface area contributed by atoms with Crippen LogP contribution in [0.4, 0.5) is 5.69 Å². The van der Waals surface area contributed by atoms with Gasteiger partial charge in [0.15, 0.2) is 0 Å². The highest BCUT2D eigenvalue weighted by molar-refractivity contribution is 6.07. The molecule has 7 heteroatoms. The minimum Gasteiger partial charge on any atom is -0.497 e. The van der Waals surface area contributed by atoms with Crippen LogP contribution in [-0.2, 0) is 11.3 Å². The maximum absolute atomic E-state index is 13.0. The van der Waals surface area contributed by atoms with Crippen LogP contribution in [0, 0.1) is 0 Å². The molecule has 0 spiro atoms. The van der Waals surface area contributed by atoms with Crippen molar-refractivity contribution in [2.45, 2.75) is 12.6 Å². The van der Waals surface area contributed by atoms with Gasteiger partial charge >= 0.3 is 5.97 Å². The Bertz CT molecular complexity index is 1110. The third-order valence-corrected chi connectivity index (χ3v) is 6.23. The fourth-order valence-electron chi connectivity index (χ4n) is 4.85. The van der Waals surface area contributed by atoms with E-state index in [0.29, 0.717) is 5.56 Å². The van der Waals surface area contributed by atoms with Crippen molar-refractivity contribution in [2.24, 2.45) is 0 Å². The van der Waals surface area contributed by atoms with Crippen LogP contribution in [0.2, 0.25) is 0 Å². The summed E-state index contributed by atoms with van der Waals surface area (Å²) in [5.74, 6) is 0.442. The van der Waals surface area contributed by atoms with Crippen molar-refractivity contribution in [1.82, 2.24) is 9.47 Å². The largest absolute Gasteiger partial charge is 0.497 e. The molecular formula is C23H26ClN3O3.